The standard InChI is InChI=1S/C27H41N3O4/c1-27(2,3)20-29-17-23-8-5-6-10-24(23)34-14-7-9-22-18-30(26(32)19-29)13-11-21(22)16-25(31)28-12-15-33-4/h5-10,21-22H,11-20H2,1-4H3,(H,28,31)/b9-7-/t21-,22-/m0/s1. The van der Waals surface area contributed by atoms with Gasteiger partial charge in [0.25, 0.3) is 0 Å². The molecule has 0 unspecified atom stereocenters. The normalized spacial score (nSPS) is 23.1. The fourth-order valence-electron chi connectivity index (χ4n) is 4.85. The van der Waals surface area contributed by atoms with Gasteiger partial charge in [0, 0.05) is 51.8 Å². The van der Waals surface area contributed by atoms with E-state index in [1.165, 1.54) is 0 Å². The molecule has 0 spiro atoms. The van der Waals surface area contributed by atoms with E-state index >= 15 is 0 Å². The van der Waals surface area contributed by atoms with Gasteiger partial charge in [0.2, 0.25) is 11.8 Å². The van der Waals surface area contributed by atoms with Crippen molar-refractivity contribution >= 4 is 11.8 Å². The number of benzene rings is 1. The first-order valence-corrected chi connectivity index (χ1v) is 12.4. The molecular weight excluding hydrogens is 430 g/mol. The highest BCUT2D eigenvalue weighted by Gasteiger charge is 2.32. The van der Waals surface area contributed by atoms with Crippen molar-refractivity contribution in [3.05, 3.63) is 42.0 Å². The van der Waals surface area contributed by atoms with Gasteiger partial charge in [0.1, 0.15) is 12.4 Å². The van der Waals surface area contributed by atoms with Crippen LogP contribution in [0.5, 0.6) is 5.75 Å². The Balaban J connectivity index is 1.78. The zero-order valence-electron chi connectivity index (χ0n) is 21.2. The van der Waals surface area contributed by atoms with Crippen LogP contribution in [0, 0.1) is 17.3 Å². The number of piperidine rings is 1. The molecule has 1 aromatic carbocycles. The van der Waals surface area contributed by atoms with Gasteiger partial charge in [0.05, 0.1) is 13.2 Å². The molecule has 1 saturated heterocycles. The fourth-order valence-corrected chi connectivity index (χ4v) is 4.85. The van der Waals surface area contributed by atoms with Gasteiger partial charge in [-0.15, -0.1) is 0 Å². The summed E-state index contributed by atoms with van der Waals surface area (Å²) in [6.07, 6.45) is 5.45. The number of fused-ring (bicyclic) bond motifs is 3. The van der Waals surface area contributed by atoms with Crippen molar-refractivity contribution in [1.29, 1.82) is 0 Å². The van der Waals surface area contributed by atoms with Crippen LogP contribution in [0.2, 0.25) is 0 Å². The van der Waals surface area contributed by atoms with Crippen LogP contribution in [0.4, 0.5) is 0 Å². The van der Waals surface area contributed by atoms with Crippen LogP contribution in [0.15, 0.2) is 36.4 Å². The van der Waals surface area contributed by atoms with Crippen LogP contribution in [0.25, 0.3) is 0 Å². The number of hydrogen-bond acceptors (Lipinski definition) is 5. The molecule has 2 aliphatic rings. The van der Waals surface area contributed by atoms with Crippen LogP contribution < -0.4 is 10.1 Å². The number of rotatable bonds is 6. The van der Waals surface area contributed by atoms with E-state index in [1.54, 1.807) is 7.11 Å². The molecule has 1 N–H and O–H groups in total. The molecule has 3 rings (SSSR count). The monoisotopic (exact) mass is 471 g/mol. The summed E-state index contributed by atoms with van der Waals surface area (Å²) < 4.78 is 11.1. The van der Waals surface area contributed by atoms with Gasteiger partial charge in [0.15, 0.2) is 0 Å². The van der Waals surface area contributed by atoms with Crippen molar-refractivity contribution in [2.75, 3.05) is 53.0 Å². The first-order valence-electron chi connectivity index (χ1n) is 12.4. The Morgan fingerprint density at radius 1 is 1.24 bits per heavy atom. The van der Waals surface area contributed by atoms with Crippen molar-refractivity contribution in [2.45, 2.75) is 40.2 Å². The van der Waals surface area contributed by atoms with Crippen molar-refractivity contribution in [1.82, 2.24) is 15.1 Å². The van der Waals surface area contributed by atoms with E-state index in [0.29, 0.717) is 52.4 Å². The molecule has 2 atom stereocenters. The van der Waals surface area contributed by atoms with E-state index in [4.69, 9.17) is 9.47 Å². The maximum absolute atomic E-state index is 13.4. The quantitative estimate of drug-likeness (QED) is 0.510. The molecule has 0 aromatic heterocycles. The third kappa shape index (κ3) is 8.13. The minimum Gasteiger partial charge on any atom is -0.489 e. The van der Waals surface area contributed by atoms with Crippen LogP contribution in [-0.4, -0.2) is 74.7 Å². The van der Waals surface area contributed by atoms with E-state index in [1.807, 2.05) is 29.2 Å². The molecule has 188 valence electrons. The van der Waals surface area contributed by atoms with Gasteiger partial charge in [-0.05, 0) is 29.7 Å². The van der Waals surface area contributed by atoms with Crippen LogP contribution in [-0.2, 0) is 20.9 Å². The van der Waals surface area contributed by atoms with Gasteiger partial charge in [-0.3, -0.25) is 14.5 Å². The average molecular weight is 472 g/mol. The number of methoxy groups -OCH3 is 1. The third-order valence-electron chi connectivity index (χ3n) is 6.38. The lowest BCUT2D eigenvalue weighted by Gasteiger charge is -2.38. The molecule has 1 aromatic rings. The molecule has 34 heavy (non-hydrogen) atoms. The lowest BCUT2D eigenvalue weighted by Crippen LogP contribution is -2.48. The topological polar surface area (TPSA) is 71.1 Å². The van der Waals surface area contributed by atoms with Gasteiger partial charge in [-0.25, -0.2) is 0 Å². The number of para-hydroxylation sites is 1. The summed E-state index contributed by atoms with van der Waals surface area (Å²) in [5, 5.41) is 2.93. The fraction of sp³-hybridized carbons (Fsp3) is 0.630. The second-order valence-corrected chi connectivity index (χ2v) is 10.7. The number of ether oxygens (including phenoxy) is 2. The number of hydrogen-bond donors (Lipinski definition) is 1. The first kappa shape index (κ1) is 26.2. The molecule has 2 aliphatic heterocycles. The molecule has 7 nitrogen and oxygen atoms in total. The minimum absolute atomic E-state index is 0.0414. The van der Waals surface area contributed by atoms with Gasteiger partial charge in [-0.2, -0.15) is 0 Å². The van der Waals surface area contributed by atoms with Crippen LogP contribution in [0.3, 0.4) is 0 Å². The first-order chi connectivity index (χ1) is 16.2. The summed E-state index contributed by atoms with van der Waals surface area (Å²) in [6.45, 7) is 11.3. The Morgan fingerprint density at radius 3 is 2.79 bits per heavy atom. The largest absolute Gasteiger partial charge is 0.489 e. The molecule has 0 saturated carbocycles. The summed E-state index contributed by atoms with van der Waals surface area (Å²) >= 11 is 0. The molecule has 0 aliphatic carbocycles. The second kappa shape index (κ2) is 12.4. The van der Waals surface area contributed by atoms with Gasteiger partial charge in [-0.1, -0.05) is 51.1 Å². The maximum atomic E-state index is 13.4. The van der Waals surface area contributed by atoms with Gasteiger partial charge >= 0.3 is 0 Å². The number of nitrogens with one attached hydrogen (secondary N) is 1. The molecule has 1 fully saturated rings. The van der Waals surface area contributed by atoms with Crippen LogP contribution >= 0.6 is 0 Å². The zero-order valence-corrected chi connectivity index (χ0v) is 21.2. The van der Waals surface area contributed by atoms with E-state index < -0.39 is 0 Å². The van der Waals surface area contributed by atoms with E-state index in [2.05, 4.69) is 43.1 Å². The Bertz CT molecular complexity index is 849. The molecule has 2 heterocycles. The van der Waals surface area contributed by atoms with E-state index in [0.717, 1.165) is 24.3 Å². The minimum atomic E-state index is 0.0414. The predicted octanol–water partition coefficient (Wildman–Crippen LogP) is 3.10. The highest BCUT2D eigenvalue weighted by molar-refractivity contribution is 5.79. The molecule has 0 radical (unpaired) electrons. The van der Waals surface area contributed by atoms with Gasteiger partial charge < -0.3 is 19.7 Å². The molecular formula is C27H41N3O4. The van der Waals surface area contributed by atoms with Crippen molar-refractivity contribution in [3.8, 4) is 5.75 Å². The lowest BCUT2D eigenvalue weighted by molar-refractivity contribution is -0.135. The Hall–Kier alpha value is -2.38. The summed E-state index contributed by atoms with van der Waals surface area (Å²) in [5.74, 6) is 1.38. The molecule has 2 bridgehead atoms. The Morgan fingerprint density at radius 2 is 2.03 bits per heavy atom. The lowest BCUT2D eigenvalue weighted by atomic mass is 9.82. The number of carbonyl (C=O) groups is 2. The summed E-state index contributed by atoms with van der Waals surface area (Å²) in [6, 6.07) is 8.08. The SMILES string of the molecule is COCCNC(=O)C[C@@H]1CCN2C[C@@H]1/C=C\COc1ccccc1CN(CC(C)(C)C)CC2=O. The zero-order chi connectivity index (χ0) is 24.6. The average Bonchev–Trinajstić information content (AvgIpc) is 2.77. The molecule has 7 heteroatoms. The molecule has 2 amide bonds. The summed E-state index contributed by atoms with van der Waals surface area (Å²) in [5.41, 5.74) is 1.16. The Kier molecular flexibility index (Phi) is 9.54. The number of carbonyl (C=O) groups excluding carboxylic acids is 2. The van der Waals surface area contributed by atoms with Crippen molar-refractivity contribution < 1.29 is 19.1 Å². The highest BCUT2D eigenvalue weighted by atomic mass is 16.5. The van der Waals surface area contributed by atoms with Crippen molar-refractivity contribution in [2.24, 2.45) is 17.3 Å². The van der Waals surface area contributed by atoms with Crippen LogP contribution in [0.1, 0.15) is 39.2 Å². The van der Waals surface area contributed by atoms with E-state index in [-0.39, 0.29) is 29.1 Å². The highest BCUT2D eigenvalue weighted by Crippen LogP contribution is 2.29. The summed E-state index contributed by atoms with van der Waals surface area (Å²) in [7, 11) is 1.62. The maximum Gasteiger partial charge on any atom is 0.236 e. The third-order valence-corrected chi connectivity index (χ3v) is 6.38. The number of nitrogens with zero attached hydrogens (tertiary/aromatic N) is 2. The second-order valence-electron chi connectivity index (χ2n) is 10.7. The smallest absolute Gasteiger partial charge is 0.236 e. The Labute approximate surface area is 204 Å². The van der Waals surface area contributed by atoms with E-state index in [9.17, 15) is 9.59 Å². The predicted molar refractivity (Wildman–Crippen MR) is 133 cm³/mol. The van der Waals surface area contributed by atoms with Crippen molar-refractivity contribution in [3.63, 3.8) is 0 Å². The number of amides is 2. The summed E-state index contributed by atoms with van der Waals surface area (Å²) in [4.78, 5) is 30.0.